The van der Waals surface area contributed by atoms with Crippen molar-refractivity contribution in [2.24, 2.45) is 0 Å². The number of hydrogen-bond acceptors (Lipinski definition) is 20. The van der Waals surface area contributed by atoms with Gasteiger partial charge in [-0.15, -0.1) is 0 Å². The van der Waals surface area contributed by atoms with Gasteiger partial charge in [0.25, 0.3) is 6.43 Å². The summed E-state index contributed by atoms with van der Waals surface area (Å²) in [6, 6.07) is 9.57. The molecular weight excluding hydrogens is 1270 g/mol. The first kappa shape index (κ1) is 87.9. The second kappa shape index (κ2) is 47.0. The summed E-state index contributed by atoms with van der Waals surface area (Å²) in [5, 5.41) is 0. The van der Waals surface area contributed by atoms with Crippen molar-refractivity contribution in [3.63, 3.8) is 0 Å². The van der Waals surface area contributed by atoms with Crippen LogP contribution < -0.4 is 9.47 Å². The molecule has 20 nitrogen and oxygen atoms in total. The fraction of sp³-hybridized carbons (Fsp3) is 0.507. The summed E-state index contributed by atoms with van der Waals surface area (Å²) in [5.41, 5.74) is 3.27. The Morgan fingerprint density at radius 3 is 1.11 bits per heavy atom. The zero-order chi connectivity index (χ0) is 75.0. The van der Waals surface area contributed by atoms with Crippen molar-refractivity contribution < 1.29 is 35.8 Å². The number of hydrogen-bond donors (Lipinski definition) is 0. The van der Waals surface area contributed by atoms with Gasteiger partial charge >= 0.3 is 6.18 Å². The largest absolute Gasteiger partial charge is 0.491 e. The van der Waals surface area contributed by atoms with Crippen molar-refractivity contribution in [3.8, 4) is 11.6 Å². The van der Waals surface area contributed by atoms with E-state index in [4.69, 9.17) is 9.47 Å². The Labute approximate surface area is 583 Å². The molecular formula is C73H104F6N18O2. The molecule has 0 unspecified atom stereocenters. The predicted octanol–water partition coefficient (Wildman–Crippen LogP) is 18.4. The van der Waals surface area contributed by atoms with Gasteiger partial charge in [-0.2, -0.15) is 18.2 Å². The molecule has 0 spiro atoms. The maximum absolute atomic E-state index is 12.2. The highest BCUT2D eigenvalue weighted by atomic mass is 19.4. The summed E-state index contributed by atoms with van der Waals surface area (Å²) >= 11 is 0. The lowest BCUT2D eigenvalue weighted by molar-refractivity contribution is -0.141. The molecule has 0 aliphatic heterocycles. The van der Waals surface area contributed by atoms with Crippen LogP contribution >= 0.6 is 0 Å². The topological polar surface area (TPSA) is 250 Å². The van der Waals surface area contributed by atoms with Gasteiger partial charge in [0.2, 0.25) is 5.88 Å². The molecule has 0 aliphatic rings. The smallest absolute Gasteiger partial charge is 0.433 e. The molecule has 0 saturated heterocycles. The third kappa shape index (κ3) is 37.4. The molecule has 9 aromatic heterocycles. The summed E-state index contributed by atoms with van der Waals surface area (Å²) in [7, 11) is 1.60. The molecule has 0 fully saturated rings. The van der Waals surface area contributed by atoms with Crippen LogP contribution in [0, 0.1) is 26.6 Å². The normalized spacial score (nSPS) is 10.7. The van der Waals surface area contributed by atoms with Crippen molar-refractivity contribution >= 4 is 0 Å². The lowest BCUT2D eigenvalue weighted by Crippen LogP contribution is -2.10. The second-order valence-corrected chi connectivity index (χ2v) is 24.7. The molecule has 0 aromatic carbocycles. The zero-order valence-electron chi connectivity index (χ0n) is 62.2. The fourth-order valence-electron chi connectivity index (χ4n) is 7.04. The van der Waals surface area contributed by atoms with Gasteiger partial charge in [0.1, 0.15) is 63.8 Å². The first-order valence-electron chi connectivity index (χ1n) is 33.0. The molecule has 0 amide bonds. The molecule has 0 saturated carbocycles. The van der Waals surface area contributed by atoms with E-state index in [2.05, 4.69) is 180 Å². The molecule has 0 atom stereocenters. The van der Waals surface area contributed by atoms with Crippen LogP contribution in [0.25, 0.3) is 0 Å². The van der Waals surface area contributed by atoms with Crippen LogP contribution in [-0.4, -0.2) is 103 Å². The number of aryl methyl sites for hydroxylation is 4. The Balaban J connectivity index is 0.000000558. The van der Waals surface area contributed by atoms with Crippen molar-refractivity contribution in [2.45, 2.75) is 232 Å². The van der Waals surface area contributed by atoms with E-state index in [1.807, 2.05) is 86.0 Å². The molecule has 0 radical (unpaired) electrons. The highest BCUT2D eigenvalue weighted by Crippen LogP contribution is 2.28. The third-order valence-corrected chi connectivity index (χ3v) is 12.5. The SMILES string of the molecule is CC(C)c1ncc(F)cn1.CC(C)c1nccc(C(F)(F)F)n1.CC(C)c1nccc(C(F)F)n1.CC(C)c1ncccn1.CCOc1cnc(C(C)C)nc1.CCc1cnc(C(C)C)nc1.COc1ccnc(C(C)C)n1.Cc1cc(C)nc(C(C)C)n1.Cc1ccnc(C(C)C)n1. The van der Waals surface area contributed by atoms with Crippen LogP contribution in [-0.2, 0) is 12.6 Å². The number of aromatic nitrogens is 18. The molecule has 26 heteroatoms. The summed E-state index contributed by atoms with van der Waals surface area (Å²) in [6.45, 7) is 46.8. The minimum atomic E-state index is -4.38. The van der Waals surface area contributed by atoms with Crippen LogP contribution in [0.3, 0.4) is 0 Å². The standard InChI is InChI=1S/C9H14N2O.2C9H14N2.C8H9F3N2.C8H10F2N2.C8H12N2O.C8H12N2.C7H9FN2.C7H10N2/c1-4-12-8-5-10-9(7(2)3)11-6-8;1-6(2)9-10-7(3)5-8(4)11-9;1-4-8-5-10-9(7(2)3)11-6-8;1-5(2)7-12-4-3-6(13-7)8(9,10)11;1-5(2)8-11-4-3-6(12-8)7(9)10;1-6(2)8-9-5-4-7(10-8)11-3;1-6(2)8-9-5-4-7(3)10-8;1-5(2)7-9-3-6(8)4-10-7;1-6(2)7-8-4-3-5-9-7/h5-7H,4H2,1-3H3;5-6H,1-4H3;5-7H,4H2,1-3H3;3-5H,1-2H3;3-5,7H,1-2H3;4-6H,1-3H3;4-6H,1-3H3;3-5H,1-2H3;3-6H,1-2H3. The van der Waals surface area contributed by atoms with E-state index in [0.29, 0.717) is 59.6 Å². The monoisotopic (exact) mass is 1380 g/mol. The Kier molecular flexibility index (Phi) is 41.7. The lowest BCUT2D eigenvalue weighted by atomic mass is 10.2. The molecule has 0 N–H and O–H groups in total. The van der Waals surface area contributed by atoms with Crippen LogP contribution in [0.1, 0.15) is 285 Å². The highest BCUT2D eigenvalue weighted by molar-refractivity contribution is 5.14. The summed E-state index contributed by atoms with van der Waals surface area (Å²) in [6.07, 6.45) is 13.3. The van der Waals surface area contributed by atoms with Gasteiger partial charge in [-0.05, 0) is 70.0 Å². The Hall–Kier alpha value is -9.10. The lowest BCUT2D eigenvalue weighted by Gasteiger charge is -2.08. The predicted molar refractivity (Wildman–Crippen MR) is 376 cm³/mol. The molecule has 9 aromatic rings. The average Bonchev–Trinajstić information content (AvgIpc) is 0.918. The van der Waals surface area contributed by atoms with E-state index in [-0.39, 0.29) is 35.1 Å². The molecule has 0 aliphatic carbocycles. The summed E-state index contributed by atoms with van der Waals surface area (Å²) in [4.78, 5) is 72.5. The zero-order valence-corrected chi connectivity index (χ0v) is 62.2. The summed E-state index contributed by atoms with van der Waals surface area (Å²) < 4.78 is 83.1. The third-order valence-electron chi connectivity index (χ3n) is 12.5. The van der Waals surface area contributed by atoms with Crippen molar-refractivity contribution in [1.29, 1.82) is 0 Å². The first-order valence-corrected chi connectivity index (χ1v) is 33.0. The van der Waals surface area contributed by atoms with Gasteiger partial charge in [-0.25, -0.2) is 97.9 Å². The van der Waals surface area contributed by atoms with Crippen molar-refractivity contribution in [2.75, 3.05) is 13.7 Å². The Morgan fingerprint density at radius 2 is 0.737 bits per heavy atom. The number of rotatable bonds is 14. The van der Waals surface area contributed by atoms with Crippen LogP contribution in [0.15, 0.2) is 111 Å². The minimum Gasteiger partial charge on any atom is -0.491 e. The number of methoxy groups -OCH3 is 1. The van der Waals surface area contributed by atoms with Gasteiger partial charge < -0.3 is 9.47 Å². The number of halogens is 6. The average molecular weight is 1380 g/mol. The molecule has 0 bridgehead atoms. The van der Waals surface area contributed by atoms with E-state index >= 15 is 0 Å². The number of ether oxygens (including phenoxy) is 2. The van der Waals surface area contributed by atoms with Gasteiger partial charge in [0.15, 0.2) is 11.6 Å². The second-order valence-electron chi connectivity index (χ2n) is 24.7. The van der Waals surface area contributed by atoms with E-state index < -0.39 is 18.3 Å². The quantitative estimate of drug-likeness (QED) is 0.0917. The maximum atomic E-state index is 12.2. The molecule has 9 rings (SSSR count). The number of nitrogens with zero attached hydrogens (tertiary/aromatic N) is 18. The van der Waals surface area contributed by atoms with E-state index in [1.54, 1.807) is 64.2 Å². The Morgan fingerprint density at radius 1 is 0.384 bits per heavy atom. The van der Waals surface area contributed by atoms with Crippen molar-refractivity contribution in [1.82, 2.24) is 89.7 Å². The highest BCUT2D eigenvalue weighted by Gasteiger charge is 2.33. The van der Waals surface area contributed by atoms with Crippen LogP contribution in [0.5, 0.6) is 11.6 Å². The molecule has 9 heterocycles. The van der Waals surface area contributed by atoms with Crippen LogP contribution in [0.4, 0.5) is 26.3 Å². The van der Waals surface area contributed by atoms with E-state index in [0.717, 1.165) is 76.5 Å². The van der Waals surface area contributed by atoms with E-state index in [1.165, 1.54) is 30.2 Å². The summed E-state index contributed by atoms with van der Waals surface area (Å²) in [5.74, 6) is 10.5. The molecule has 99 heavy (non-hydrogen) atoms. The fourth-order valence-corrected chi connectivity index (χ4v) is 7.04. The first-order chi connectivity index (χ1) is 46.5. The van der Waals surface area contributed by atoms with Gasteiger partial charge in [0.05, 0.1) is 38.5 Å². The molecule has 540 valence electrons. The van der Waals surface area contributed by atoms with E-state index in [9.17, 15) is 26.3 Å². The van der Waals surface area contributed by atoms with Gasteiger partial charge in [0, 0.05) is 126 Å². The van der Waals surface area contributed by atoms with Crippen LogP contribution in [0.2, 0.25) is 0 Å². The Bertz CT molecular complexity index is 3540. The van der Waals surface area contributed by atoms with Crippen molar-refractivity contribution in [3.05, 3.63) is 203 Å². The minimum absolute atomic E-state index is 0.0868. The van der Waals surface area contributed by atoms with Gasteiger partial charge in [-0.1, -0.05) is 132 Å². The van der Waals surface area contributed by atoms with Gasteiger partial charge in [-0.3, -0.25) is 0 Å². The number of alkyl halides is 5. The maximum Gasteiger partial charge on any atom is 0.433 e.